The maximum Gasteiger partial charge on any atom is 0.416 e. The fourth-order valence-electron chi connectivity index (χ4n) is 1.56. The van der Waals surface area contributed by atoms with Gasteiger partial charge >= 0.3 is 6.18 Å². The minimum atomic E-state index is -4.37. The summed E-state index contributed by atoms with van der Waals surface area (Å²) in [6, 6.07) is 9.41. The van der Waals surface area contributed by atoms with Crippen LogP contribution in [0, 0.1) is 0 Å². The Kier molecular flexibility index (Phi) is 3.34. The van der Waals surface area contributed by atoms with Crippen molar-refractivity contribution in [3.8, 4) is 0 Å². The van der Waals surface area contributed by atoms with Crippen molar-refractivity contribution < 1.29 is 18.3 Å². The number of halogens is 3. The van der Waals surface area contributed by atoms with Gasteiger partial charge in [0.15, 0.2) is 0 Å². The molecular weight excluding hydrogens is 243 g/mol. The van der Waals surface area contributed by atoms with Crippen LogP contribution in [0.4, 0.5) is 13.2 Å². The van der Waals surface area contributed by atoms with Crippen molar-refractivity contribution in [2.45, 2.75) is 12.3 Å². The predicted octanol–water partition coefficient (Wildman–Crippen LogP) is 3.18. The number of rotatable bonds is 2. The lowest BCUT2D eigenvalue weighted by Gasteiger charge is -2.12. The molecule has 0 aliphatic carbocycles. The largest absolute Gasteiger partial charge is 0.416 e. The summed E-state index contributed by atoms with van der Waals surface area (Å²) in [7, 11) is 0. The lowest BCUT2D eigenvalue weighted by Crippen LogP contribution is -2.06. The molecule has 2 rings (SSSR count). The monoisotopic (exact) mass is 253 g/mol. The van der Waals surface area contributed by atoms with Gasteiger partial charge in [0.1, 0.15) is 6.10 Å². The molecule has 0 bridgehead atoms. The highest BCUT2D eigenvalue weighted by molar-refractivity contribution is 5.30. The van der Waals surface area contributed by atoms with E-state index in [-0.39, 0.29) is 0 Å². The Morgan fingerprint density at radius 2 is 1.67 bits per heavy atom. The zero-order chi connectivity index (χ0) is 13.2. The van der Waals surface area contributed by atoms with E-state index in [1.807, 2.05) is 0 Å². The number of aromatic nitrogens is 1. The van der Waals surface area contributed by atoms with Crippen molar-refractivity contribution in [2.24, 2.45) is 0 Å². The fourth-order valence-corrected chi connectivity index (χ4v) is 1.56. The van der Waals surface area contributed by atoms with E-state index in [9.17, 15) is 18.3 Å². The summed E-state index contributed by atoms with van der Waals surface area (Å²) in [6.07, 6.45) is -3.87. The average Bonchev–Trinajstić information content (AvgIpc) is 2.38. The Morgan fingerprint density at radius 1 is 1.00 bits per heavy atom. The zero-order valence-electron chi connectivity index (χ0n) is 9.22. The number of alkyl halides is 3. The first kappa shape index (κ1) is 12.6. The molecule has 0 aliphatic rings. The molecule has 5 heteroatoms. The quantitative estimate of drug-likeness (QED) is 0.891. The minimum Gasteiger partial charge on any atom is -0.382 e. The van der Waals surface area contributed by atoms with Gasteiger partial charge in [-0.05, 0) is 29.8 Å². The zero-order valence-corrected chi connectivity index (χ0v) is 9.22. The third-order valence-corrected chi connectivity index (χ3v) is 2.52. The second-order valence-corrected chi connectivity index (χ2v) is 3.78. The number of aliphatic hydroxyl groups is 1. The molecule has 0 radical (unpaired) electrons. The first-order chi connectivity index (χ1) is 8.48. The molecule has 2 aromatic rings. The summed E-state index contributed by atoms with van der Waals surface area (Å²) in [4.78, 5) is 3.95. The summed E-state index contributed by atoms with van der Waals surface area (Å²) >= 11 is 0. The highest BCUT2D eigenvalue weighted by Crippen LogP contribution is 2.30. The molecule has 1 atom stereocenters. The summed E-state index contributed by atoms with van der Waals surface area (Å²) in [6.45, 7) is 0. The lowest BCUT2D eigenvalue weighted by molar-refractivity contribution is -0.137. The number of hydrogen-bond acceptors (Lipinski definition) is 2. The molecule has 0 fully saturated rings. The van der Waals surface area contributed by atoms with Gasteiger partial charge in [-0.25, -0.2) is 0 Å². The van der Waals surface area contributed by atoms with E-state index in [2.05, 4.69) is 4.98 Å². The van der Waals surface area contributed by atoms with Crippen LogP contribution in [-0.4, -0.2) is 10.1 Å². The van der Waals surface area contributed by atoms with Crippen molar-refractivity contribution in [1.29, 1.82) is 0 Å². The molecule has 18 heavy (non-hydrogen) atoms. The normalized spacial score (nSPS) is 13.3. The standard InChI is InChI=1S/C13H10F3NO/c14-13(15,16)10-6-4-9(5-7-10)12(18)11-3-1-2-8-17-11/h1-8,12,18H/t12-/m1/s1. The maximum atomic E-state index is 12.4. The van der Waals surface area contributed by atoms with Crippen LogP contribution >= 0.6 is 0 Å². The van der Waals surface area contributed by atoms with Gasteiger partial charge in [0.25, 0.3) is 0 Å². The topological polar surface area (TPSA) is 33.1 Å². The van der Waals surface area contributed by atoms with Gasteiger partial charge in [-0.2, -0.15) is 13.2 Å². The number of nitrogens with zero attached hydrogens (tertiary/aromatic N) is 1. The SMILES string of the molecule is O[C@H](c1ccc(C(F)(F)F)cc1)c1ccccn1. The first-order valence-corrected chi connectivity index (χ1v) is 5.24. The van der Waals surface area contributed by atoms with E-state index in [0.717, 1.165) is 12.1 Å². The maximum absolute atomic E-state index is 12.4. The molecule has 1 aromatic heterocycles. The van der Waals surface area contributed by atoms with Gasteiger partial charge < -0.3 is 5.11 Å². The number of benzene rings is 1. The molecule has 0 spiro atoms. The van der Waals surface area contributed by atoms with E-state index >= 15 is 0 Å². The number of hydrogen-bond donors (Lipinski definition) is 1. The van der Waals surface area contributed by atoms with Gasteiger partial charge in [-0.15, -0.1) is 0 Å². The van der Waals surface area contributed by atoms with Gasteiger partial charge in [-0.3, -0.25) is 4.98 Å². The van der Waals surface area contributed by atoms with Crippen molar-refractivity contribution in [2.75, 3.05) is 0 Å². The van der Waals surface area contributed by atoms with Gasteiger partial charge in [0, 0.05) is 6.20 Å². The molecule has 1 heterocycles. The lowest BCUT2D eigenvalue weighted by atomic mass is 10.0. The Bertz CT molecular complexity index is 508. The van der Waals surface area contributed by atoms with Crippen LogP contribution in [0.1, 0.15) is 22.9 Å². The number of pyridine rings is 1. The first-order valence-electron chi connectivity index (χ1n) is 5.24. The molecule has 0 saturated carbocycles. The van der Waals surface area contributed by atoms with Crippen LogP contribution in [0.5, 0.6) is 0 Å². The van der Waals surface area contributed by atoms with E-state index in [1.165, 1.54) is 18.3 Å². The van der Waals surface area contributed by atoms with Gasteiger partial charge in [-0.1, -0.05) is 18.2 Å². The summed E-state index contributed by atoms with van der Waals surface area (Å²) in [5, 5.41) is 9.94. The highest BCUT2D eigenvalue weighted by Gasteiger charge is 2.30. The highest BCUT2D eigenvalue weighted by atomic mass is 19.4. The van der Waals surface area contributed by atoms with Crippen LogP contribution in [0.3, 0.4) is 0 Å². The molecule has 1 N–H and O–H groups in total. The summed E-state index contributed by atoms with van der Waals surface area (Å²) in [5.74, 6) is 0. The second-order valence-electron chi connectivity index (χ2n) is 3.78. The van der Waals surface area contributed by atoms with Crippen molar-refractivity contribution in [3.63, 3.8) is 0 Å². The molecule has 0 unspecified atom stereocenters. The molecule has 2 nitrogen and oxygen atoms in total. The van der Waals surface area contributed by atoms with Crippen LogP contribution in [0.25, 0.3) is 0 Å². The predicted molar refractivity (Wildman–Crippen MR) is 59.7 cm³/mol. The van der Waals surface area contributed by atoms with E-state index in [1.54, 1.807) is 18.2 Å². The summed E-state index contributed by atoms with van der Waals surface area (Å²) in [5.41, 5.74) is 0.0402. The molecule has 94 valence electrons. The third-order valence-electron chi connectivity index (χ3n) is 2.52. The van der Waals surface area contributed by atoms with E-state index in [0.29, 0.717) is 11.3 Å². The molecular formula is C13H10F3NO. The summed E-state index contributed by atoms with van der Waals surface area (Å²) < 4.78 is 37.1. The van der Waals surface area contributed by atoms with Gasteiger partial charge in [0.2, 0.25) is 0 Å². The van der Waals surface area contributed by atoms with Crippen molar-refractivity contribution in [1.82, 2.24) is 4.98 Å². The molecule has 1 aromatic carbocycles. The van der Waals surface area contributed by atoms with Crippen LogP contribution < -0.4 is 0 Å². The second kappa shape index (κ2) is 4.78. The van der Waals surface area contributed by atoms with Crippen LogP contribution in [0.2, 0.25) is 0 Å². The Balaban J connectivity index is 2.25. The molecule has 0 amide bonds. The van der Waals surface area contributed by atoms with Crippen molar-refractivity contribution in [3.05, 3.63) is 65.5 Å². The minimum absolute atomic E-state index is 0.377. The Labute approximate surface area is 102 Å². The Hall–Kier alpha value is -1.88. The van der Waals surface area contributed by atoms with E-state index < -0.39 is 17.8 Å². The molecule has 0 aliphatic heterocycles. The third kappa shape index (κ3) is 2.68. The van der Waals surface area contributed by atoms with Crippen LogP contribution in [0.15, 0.2) is 48.7 Å². The molecule has 0 saturated heterocycles. The van der Waals surface area contributed by atoms with Gasteiger partial charge in [0.05, 0.1) is 11.3 Å². The van der Waals surface area contributed by atoms with E-state index in [4.69, 9.17) is 0 Å². The van der Waals surface area contributed by atoms with Crippen molar-refractivity contribution >= 4 is 0 Å². The van der Waals surface area contributed by atoms with Crippen LogP contribution in [-0.2, 0) is 6.18 Å². The Morgan fingerprint density at radius 3 is 2.17 bits per heavy atom. The number of aliphatic hydroxyl groups excluding tert-OH is 1. The fraction of sp³-hybridized carbons (Fsp3) is 0.154. The smallest absolute Gasteiger partial charge is 0.382 e. The average molecular weight is 253 g/mol.